The fourth-order valence-electron chi connectivity index (χ4n) is 3.85. The van der Waals surface area contributed by atoms with Crippen molar-refractivity contribution < 1.29 is 14.4 Å². The second-order valence-electron chi connectivity index (χ2n) is 7.07. The molecular weight excluding hydrogens is 368 g/mol. The first kappa shape index (κ1) is 17.7. The summed E-state index contributed by atoms with van der Waals surface area (Å²) in [6, 6.07) is 5.94. The molecule has 1 unspecified atom stereocenters. The lowest BCUT2D eigenvalue weighted by atomic mass is 10.1. The first-order valence-corrected chi connectivity index (χ1v) is 9.23. The van der Waals surface area contributed by atoms with Crippen LogP contribution in [0, 0.1) is 20.8 Å². The lowest BCUT2D eigenvalue weighted by molar-refractivity contribution is 0.191. The molecule has 1 atom stereocenters. The van der Waals surface area contributed by atoms with Gasteiger partial charge < -0.3 is 19.8 Å². The third-order valence-electron chi connectivity index (χ3n) is 5.17. The van der Waals surface area contributed by atoms with Crippen molar-refractivity contribution in [3.8, 4) is 5.82 Å². The molecule has 1 aromatic carbocycles. The van der Waals surface area contributed by atoms with E-state index in [1.165, 1.54) is 0 Å². The molecule has 2 aromatic heterocycles. The van der Waals surface area contributed by atoms with Crippen LogP contribution in [0.1, 0.15) is 23.4 Å². The van der Waals surface area contributed by atoms with E-state index in [-0.39, 0.29) is 6.04 Å². The van der Waals surface area contributed by atoms with Gasteiger partial charge in [-0.05, 0) is 51.0 Å². The fourth-order valence-corrected chi connectivity index (χ4v) is 4.07. The number of benzene rings is 1. The number of aryl methyl sites for hydroxylation is 3. The molecule has 1 saturated heterocycles. The lowest BCUT2D eigenvalue weighted by Crippen LogP contribution is -2.36. The van der Waals surface area contributed by atoms with Crippen LogP contribution in [0.3, 0.4) is 0 Å². The maximum absolute atomic E-state index is 10.9. The lowest BCUT2D eigenvalue weighted by Gasteiger charge is -2.20. The Hall–Kier alpha value is -2.67. The zero-order valence-corrected chi connectivity index (χ0v) is 16.2. The van der Waals surface area contributed by atoms with Crippen molar-refractivity contribution in [2.75, 3.05) is 18.0 Å². The second-order valence-corrected chi connectivity index (χ2v) is 7.45. The number of hydrogen-bond acceptors (Lipinski definition) is 4. The molecule has 1 fully saturated rings. The zero-order valence-electron chi connectivity index (χ0n) is 15.4. The van der Waals surface area contributed by atoms with Gasteiger partial charge in [0.25, 0.3) is 0 Å². The van der Waals surface area contributed by atoms with E-state index in [1.807, 2.05) is 43.5 Å². The van der Waals surface area contributed by atoms with E-state index in [1.54, 1.807) is 0 Å². The molecule has 7 nitrogen and oxygen atoms in total. The van der Waals surface area contributed by atoms with Gasteiger partial charge in [0.1, 0.15) is 0 Å². The molecule has 8 heteroatoms. The second kappa shape index (κ2) is 6.49. The number of carboxylic acid groups (broad SMARTS) is 1. The SMILES string of the molecule is Cc1cc(N2CCC(NC(=O)O)C2)c2onc(-n3c(C)ccc3C)c2c1Cl. The molecule has 142 valence electrons. The molecule has 1 aliphatic rings. The summed E-state index contributed by atoms with van der Waals surface area (Å²) in [5.41, 5.74) is 4.55. The van der Waals surface area contributed by atoms with E-state index >= 15 is 0 Å². The van der Waals surface area contributed by atoms with Crippen LogP contribution in [-0.4, -0.2) is 40.1 Å². The van der Waals surface area contributed by atoms with Gasteiger partial charge in [-0.15, -0.1) is 0 Å². The summed E-state index contributed by atoms with van der Waals surface area (Å²) in [4.78, 5) is 13.1. The standard InChI is InChI=1S/C19H21ClN4O3/c1-10-8-14(23-7-6-13(9-23)21-19(25)26)17-15(16(10)20)18(22-27-17)24-11(2)4-5-12(24)3/h4-5,8,13,21H,6-7,9H2,1-3H3,(H,25,26). The summed E-state index contributed by atoms with van der Waals surface area (Å²) in [5, 5.41) is 17.3. The largest absolute Gasteiger partial charge is 0.465 e. The Morgan fingerprint density at radius 1 is 1.33 bits per heavy atom. The van der Waals surface area contributed by atoms with Crippen LogP contribution >= 0.6 is 11.6 Å². The van der Waals surface area contributed by atoms with Gasteiger partial charge in [0.15, 0.2) is 11.4 Å². The van der Waals surface area contributed by atoms with Crippen LogP contribution in [0.2, 0.25) is 5.02 Å². The van der Waals surface area contributed by atoms with Crippen molar-refractivity contribution >= 4 is 34.4 Å². The van der Waals surface area contributed by atoms with Gasteiger partial charge in [0.2, 0.25) is 0 Å². The maximum atomic E-state index is 10.9. The fraction of sp³-hybridized carbons (Fsp3) is 0.368. The third kappa shape index (κ3) is 2.92. The van der Waals surface area contributed by atoms with Crippen LogP contribution in [0.4, 0.5) is 10.5 Å². The molecule has 0 bridgehead atoms. The summed E-state index contributed by atoms with van der Waals surface area (Å²) in [6.07, 6.45) is -0.258. The van der Waals surface area contributed by atoms with Gasteiger partial charge in [0.05, 0.1) is 22.1 Å². The summed E-state index contributed by atoms with van der Waals surface area (Å²) >= 11 is 6.65. The molecule has 27 heavy (non-hydrogen) atoms. The van der Waals surface area contributed by atoms with E-state index in [2.05, 4.69) is 15.4 Å². The monoisotopic (exact) mass is 388 g/mol. The smallest absolute Gasteiger partial charge is 0.404 e. The van der Waals surface area contributed by atoms with Crippen LogP contribution in [-0.2, 0) is 0 Å². The topological polar surface area (TPSA) is 83.5 Å². The highest BCUT2D eigenvalue weighted by Crippen LogP contribution is 2.40. The van der Waals surface area contributed by atoms with Gasteiger partial charge in [0, 0.05) is 24.5 Å². The first-order chi connectivity index (χ1) is 12.9. The molecule has 3 heterocycles. The number of hydrogen-bond donors (Lipinski definition) is 2. The molecule has 0 radical (unpaired) electrons. The minimum absolute atomic E-state index is 0.107. The molecule has 4 rings (SSSR count). The number of aromatic nitrogens is 2. The van der Waals surface area contributed by atoms with Crippen LogP contribution in [0.5, 0.6) is 0 Å². The average molecular weight is 389 g/mol. The highest BCUT2D eigenvalue weighted by Gasteiger charge is 2.29. The van der Waals surface area contributed by atoms with Crippen molar-refractivity contribution in [2.24, 2.45) is 0 Å². The van der Waals surface area contributed by atoms with E-state index in [0.29, 0.717) is 23.0 Å². The summed E-state index contributed by atoms with van der Waals surface area (Å²) < 4.78 is 7.77. The molecule has 0 saturated carbocycles. The Morgan fingerprint density at radius 3 is 2.70 bits per heavy atom. The number of fused-ring (bicyclic) bond motifs is 1. The number of amides is 1. The van der Waals surface area contributed by atoms with Gasteiger partial charge in [-0.25, -0.2) is 4.79 Å². The molecule has 0 aliphatic carbocycles. The van der Waals surface area contributed by atoms with E-state index < -0.39 is 6.09 Å². The highest BCUT2D eigenvalue weighted by molar-refractivity contribution is 6.37. The Balaban J connectivity index is 1.83. The Kier molecular flexibility index (Phi) is 4.26. The van der Waals surface area contributed by atoms with E-state index in [0.717, 1.165) is 41.0 Å². The Labute approximate surface area is 161 Å². The number of carbonyl (C=O) groups is 1. The molecule has 3 aromatic rings. The quantitative estimate of drug-likeness (QED) is 0.707. The van der Waals surface area contributed by atoms with Crippen molar-refractivity contribution in [3.63, 3.8) is 0 Å². The minimum atomic E-state index is -1.00. The van der Waals surface area contributed by atoms with Crippen molar-refractivity contribution in [1.29, 1.82) is 0 Å². The minimum Gasteiger partial charge on any atom is -0.465 e. The van der Waals surface area contributed by atoms with Gasteiger partial charge in [-0.1, -0.05) is 16.8 Å². The predicted molar refractivity (Wildman–Crippen MR) is 104 cm³/mol. The van der Waals surface area contributed by atoms with Crippen LogP contribution in [0.25, 0.3) is 16.8 Å². The maximum Gasteiger partial charge on any atom is 0.404 e. The number of halogens is 1. The Morgan fingerprint density at radius 2 is 2.04 bits per heavy atom. The van der Waals surface area contributed by atoms with Crippen LogP contribution < -0.4 is 10.2 Å². The number of rotatable bonds is 3. The van der Waals surface area contributed by atoms with Crippen molar-refractivity contribution in [1.82, 2.24) is 15.0 Å². The number of nitrogens with zero attached hydrogens (tertiary/aromatic N) is 3. The molecular formula is C19H21ClN4O3. The van der Waals surface area contributed by atoms with Gasteiger partial charge in [-0.2, -0.15) is 0 Å². The third-order valence-corrected chi connectivity index (χ3v) is 5.65. The number of anilines is 1. The summed E-state index contributed by atoms with van der Waals surface area (Å²) in [5.74, 6) is 0.680. The van der Waals surface area contributed by atoms with Crippen LogP contribution in [0.15, 0.2) is 22.7 Å². The van der Waals surface area contributed by atoms with Gasteiger partial charge >= 0.3 is 6.09 Å². The van der Waals surface area contributed by atoms with E-state index in [9.17, 15) is 4.79 Å². The summed E-state index contributed by atoms with van der Waals surface area (Å²) in [7, 11) is 0. The first-order valence-electron chi connectivity index (χ1n) is 8.85. The van der Waals surface area contributed by atoms with Crippen molar-refractivity contribution in [2.45, 2.75) is 33.2 Å². The van der Waals surface area contributed by atoms with E-state index in [4.69, 9.17) is 21.2 Å². The normalized spacial score (nSPS) is 17.0. The zero-order chi connectivity index (χ0) is 19.3. The molecule has 1 aliphatic heterocycles. The molecule has 2 N–H and O–H groups in total. The molecule has 0 spiro atoms. The average Bonchev–Trinajstić information content (AvgIpc) is 3.30. The Bertz CT molecular complexity index is 1020. The number of nitrogens with one attached hydrogen (secondary N) is 1. The van der Waals surface area contributed by atoms with Crippen molar-refractivity contribution in [3.05, 3.63) is 40.2 Å². The summed E-state index contributed by atoms with van der Waals surface area (Å²) in [6.45, 7) is 7.31. The van der Waals surface area contributed by atoms with Gasteiger partial charge in [-0.3, -0.25) is 4.57 Å². The molecule has 1 amide bonds. The highest BCUT2D eigenvalue weighted by atomic mass is 35.5. The predicted octanol–water partition coefficient (Wildman–Crippen LogP) is 4.04.